The SMILES string of the molecule is CC.CC.CC.CCc1nccn1C. The summed E-state index contributed by atoms with van der Waals surface area (Å²) in [5.74, 6) is 1.14. The molecule has 0 bridgehead atoms. The van der Waals surface area contributed by atoms with Gasteiger partial charge in [-0.3, -0.25) is 0 Å². The largest absolute Gasteiger partial charge is 0.338 e. The Morgan fingerprint density at radius 3 is 1.64 bits per heavy atom. The standard InChI is InChI=1S/C6H10N2.3C2H6/c1-3-6-7-4-5-8(6)2;3*1-2/h4-5H,3H2,1-2H3;3*1-2H3. The van der Waals surface area contributed by atoms with Crippen molar-refractivity contribution in [3.8, 4) is 0 Å². The molecule has 0 aliphatic carbocycles. The molecule has 0 atom stereocenters. The van der Waals surface area contributed by atoms with Gasteiger partial charge in [-0.05, 0) is 0 Å². The highest BCUT2D eigenvalue weighted by Crippen LogP contribution is 1.92. The van der Waals surface area contributed by atoms with Gasteiger partial charge >= 0.3 is 0 Å². The van der Waals surface area contributed by atoms with Crippen molar-refractivity contribution in [2.45, 2.75) is 54.9 Å². The summed E-state index contributed by atoms with van der Waals surface area (Å²) in [6.07, 6.45) is 4.79. The molecule has 0 amide bonds. The number of aromatic nitrogens is 2. The highest BCUT2D eigenvalue weighted by atomic mass is 15.0. The van der Waals surface area contributed by atoms with Gasteiger partial charge in [-0.25, -0.2) is 4.98 Å². The monoisotopic (exact) mass is 200 g/mol. The van der Waals surface area contributed by atoms with Crippen LogP contribution in [0.5, 0.6) is 0 Å². The van der Waals surface area contributed by atoms with E-state index in [0.717, 1.165) is 12.2 Å². The Hall–Kier alpha value is -0.790. The molecule has 86 valence electrons. The van der Waals surface area contributed by atoms with Crippen molar-refractivity contribution >= 4 is 0 Å². The average Bonchev–Trinajstić information content (AvgIpc) is 2.72. The van der Waals surface area contributed by atoms with E-state index < -0.39 is 0 Å². The van der Waals surface area contributed by atoms with E-state index in [0.29, 0.717) is 0 Å². The molecule has 0 saturated heterocycles. The van der Waals surface area contributed by atoms with Gasteiger partial charge in [0, 0.05) is 25.9 Å². The zero-order valence-corrected chi connectivity index (χ0v) is 11.3. The third-order valence-corrected chi connectivity index (χ3v) is 1.24. The maximum Gasteiger partial charge on any atom is 0.108 e. The van der Waals surface area contributed by atoms with E-state index in [1.165, 1.54) is 0 Å². The van der Waals surface area contributed by atoms with Crippen molar-refractivity contribution in [2.75, 3.05) is 0 Å². The quantitative estimate of drug-likeness (QED) is 0.668. The van der Waals surface area contributed by atoms with Crippen LogP contribution in [-0.2, 0) is 13.5 Å². The predicted octanol–water partition coefficient (Wildman–Crippen LogP) is 4.06. The van der Waals surface area contributed by atoms with Gasteiger partial charge in [-0.15, -0.1) is 0 Å². The van der Waals surface area contributed by atoms with Gasteiger partial charge in [-0.2, -0.15) is 0 Å². The molecule has 14 heavy (non-hydrogen) atoms. The van der Waals surface area contributed by atoms with Gasteiger partial charge < -0.3 is 4.57 Å². The molecule has 0 unspecified atom stereocenters. The van der Waals surface area contributed by atoms with Crippen LogP contribution in [0.15, 0.2) is 12.4 Å². The molecule has 2 heteroatoms. The van der Waals surface area contributed by atoms with E-state index >= 15 is 0 Å². The first-order chi connectivity index (χ1) is 6.84. The van der Waals surface area contributed by atoms with Crippen molar-refractivity contribution in [1.29, 1.82) is 0 Å². The molecule has 0 aliphatic rings. The van der Waals surface area contributed by atoms with Crippen LogP contribution in [0.25, 0.3) is 0 Å². The van der Waals surface area contributed by atoms with E-state index in [9.17, 15) is 0 Å². The second kappa shape index (κ2) is 18.1. The van der Waals surface area contributed by atoms with Gasteiger partial charge in [0.25, 0.3) is 0 Å². The Morgan fingerprint density at radius 2 is 1.50 bits per heavy atom. The third kappa shape index (κ3) is 9.30. The number of rotatable bonds is 1. The highest BCUT2D eigenvalue weighted by Gasteiger charge is 1.90. The van der Waals surface area contributed by atoms with Crippen LogP contribution in [0, 0.1) is 0 Å². The second-order valence-electron chi connectivity index (χ2n) is 1.81. The fourth-order valence-electron chi connectivity index (χ4n) is 0.737. The van der Waals surface area contributed by atoms with E-state index in [-0.39, 0.29) is 0 Å². The van der Waals surface area contributed by atoms with E-state index in [1.54, 1.807) is 0 Å². The molecule has 0 fully saturated rings. The smallest absolute Gasteiger partial charge is 0.108 e. The normalized spacial score (nSPS) is 6.86. The lowest BCUT2D eigenvalue weighted by Crippen LogP contribution is -1.92. The topological polar surface area (TPSA) is 17.8 Å². The lowest BCUT2D eigenvalue weighted by atomic mass is 10.5. The predicted molar refractivity (Wildman–Crippen MR) is 66.6 cm³/mol. The molecular weight excluding hydrogens is 172 g/mol. The molecular formula is C12H28N2. The Morgan fingerprint density at radius 1 is 1.07 bits per heavy atom. The summed E-state index contributed by atoms with van der Waals surface area (Å²) >= 11 is 0. The molecule has 0 N–H and O–H groups in total. The van der Waals surface area contributed by atoms with Crippen LogP contribution in [0.4, 0.5) is 0 Å². The van der Waals surface area contributed by atoms with Crippen LogP contribution in [0.1, 0.15) is 54.3 Å². The fraction of sp³-hybridized carbons (Fsp3) is 0.750. The zero-order valence-electron chi connectivity index (χ0n) is 11.3. The Labute approximate surface area is 90.4 Å². The highest BCUT2D eigenvalue weighted by molar-refractivity contribution is 4.89. The van der Waals surface area contributed by atoms with Crippen molar-refractivity contribution in [2.24, 2.45) is 7.05 Å². The zero-order chi connectivity index (χ0) is 12.0. The molecule has 2 nitrogen and oxygen atoms in total. The Bertz CT molecular complexity index is 169. The summed E-state index contributed by atoms with van der Waals surface area (Å²) in [4.78, 5) is 4.10. The summed E-state index contributed by atoms with van der Waals surface area (Å²) < 4.78 is 2.03. The van der Waals surface area contributed by atoms with E-state index in [1.807, 2.05) is 65.6 Å². The Kier molecular flexibility index (Phi) is 24.4. The average molecular weight is 200 g/mol. The lowest BCUT2D eigenvalue weighted by Gasteiger charge is -1.92. The summed E-state index contributed by atoms with van der Waals surface area (Å²) in [7, 11) is 2.01. The summed E-state index contributed by atoms with van der Waals surface area (Å²) in [6.45, 7) is 14.1. The summed E-state index contributed by atoms with van der Waals surface area (Å²) in [5, 5.41) is 0. The number of aryl methyl sites for hydroxylation is 2. The van der Waals surface area contributed by atoms with Crippen molar-refractivity contribution < 1.29 is 0 Å². The van der Waals surface area contributed by atoms with Gasteiger partial charge in [0.1, 0.15) is 5.82 Å². The van der Waals surface area contributed by atoms with E-state index in [2.05, 4.69) is 11.9 Å². The van der Waals surface area contributed by atoms with Gasteiger partial charge in [0.2, 0.25) is 0 Å². The first-order valence-corrected chi connectivity index (χ1v) is 5.80. The minimum atomic E-state index is 1.02. The molecule has 0 radical (unpaired) electrons. The van der Waals surface area contributed by atoms with Crippen molar-refractivity contribution in [3.05, 3.63) is 18.2 Å². The molecule has 1 aromatic heterocycles. The van der Waals surface area contributed by atoms with Gasteiger partial charge in [0.05, 0.1) is 0 Å². The van der Waals surface area contributed by atoms with E-state index in [4.69, 9.17) is 0 Å². The molecule has 0 aromatic carbocycles. The summed E-state index contributed by atoms with van der Waals surface area (Å²) in [5.41, 5.74) is 0. The van der Waals surface area contributed by atoms with Gasteiger partial charge in [0.15, 0.2) is 0 Å². The first-order valence-electron chi connectivity index (χ1n) is 5.80. The second-order valence-corrected chi connectivity index (χ2v) is 1.81. The number of imidazole rings is 1. The van der Waals surface area contributed by atoms with Crippen molar-refractivity contribution in [1.82, 2.24) is 9.55 Å². The molecule has 1 heterocycles. The molecule has 1 aromatic rings. The minimum Gasteiger partial charge on any atom is -0.338 e. The first kappa shape index (κ1) is 18.9. The summed E-state index contributed by atoms with van der Waals surface area (Å²) in [6, 6.07) is 0. The molecule has 0 aliphatic heterocycles. The maximum atomic E-state index is 4.10. The maximum absolute atomic E-state index is 4.10. The third-order valence-electron chi connectivity index (χ3n) is 1.24. The molecule has 0 saturated carbocycles. The fourth-order valence-corrected chi connectivity index (χ4v) is 0.737. The number of nitrogens with zero attached hydrogens (tertiary/aromatic N) is 2. The molecule has 1 rings (SSSR count). The van der Waals surface area contributed by atoms with Gasteiger partial charge in [-0.1, -0.05) is 48.5 Å². The number of hydrogen-bond acceptors (Lipinski definition) is 1. The van der Waals surface area contributed by atoms with Crippen LogP contribution < -0.4 is 0 Å². The number of hydrogen-bond donors (Lipinski definition) is 0. The lowest BCUT2D eigenvalue weighted by molar-refractivity contribution is 0.808. The van der Waals surface area contributed by atoms with Crippen LogP contribution in [0.2, 0.25) is 0 Å². The Balaban J connectivity index is -0.000000174. The van der Waals surface area contributed by atoms with Crippen LogP contribution >= 0.6 is 0 Å². The minimum absolute atomic E-state index is 1.02. The van der Waals surface area contributed by atoms with Crippen LogP contribution in [-0.4, -0.2) is 9.55 Å². The van der Waals surface area contributed by atoms with Crippen molar-refractivity contribution in [3.63, 3.8) is 0 Å². The molecule has 0 spiro atoms. The van der Waals surface area contributed by atoms with Crippen LogP contribution in [0.3, 0.4) is 0 Å².